The van der Waals surface area contributed by atoms with Crippen molar-refractivity contribution in [3.8, 4) is 5.88 Å². The van der Waals surface area contributed by atoms with Gasteiger partial charge in [0.1, 0.15) is 0 Å². The maximum absolute atomic E-state index is 4.87. The number of rotatable bonds is 1. The zero-order valence-electron chi connectivity index (χ0n) is 5.16. The van der Waals surface area contributed by atoms with E-state index >= 15 is 0 Å². The van der Waals surface area contributed by atoms with Crippen LogP contribution in [0.5, 0.6) is 5.88 Å². The number of ether oxygens (including phenoxy) is 1. The van der Waals surface area contributed by atoms with Gasteiger partial charge in [-0.25, -0.2) is 0 Å². The van der Waals surface area contributed by atoms with Gasteiger partial charge in [0.2, 0.25) is 0 Å². The molecule has 0 aliphatic heterocycles. The summed E-state index contributed by atoms with van der Waals surface area (Å²) in [6, 6.07) is 3.90. The summed E-state index contributed by atoms with van der Waals surface area (Å²) in [7, 11) is 1.62. The van der Waals surface area contributed by atoms with Crippen molar-refractivity contribution in [3.05, 3.63) is 18.3 Å². The van der Waals surface area contributed by atoms with Gasteiger partial charge >= 0.3 is 67.1 Å². The molecule has 0 fully saturated rings. The van der Waals surface area contributed by atoms with Crippen LogP contribution >= 0.6 is 0 Å². The average Bonchev–Trinajstić information content (AvgIpc) is 1.90. The van der Waals surface area contributed by atoms with E-state index in [2.05, 4.69) is 4.98 Å². The summed E-state index contributed by atoms with van der Waals surface area (Å²) in [5, 5.41) is 0. The SMILES string of the molecule is COc1cc[c]([SnH])cn1. The summed E-state index contributed by atoms with van der Waals surface area (Å²) in [4.78, 5) is 4.01. The van der Waals surface area contributed by atoms with Gasteiger partial charge in [0.15, 0.2) is 0 Å². The van der Waals surface area contributed by atoms with Crippen LogP contribution in [-0.4, -0.2) is 34.6 Å². The first-order valence-electron chi connectivity index (χ1n) is 2.58. The van der Waals surface area contributed by atoms with Crippen LogP contribution in [0.1, 0.15) is 0 Å². The second-order valence-electron chi connectivity index (χ2n) is 1.63. The van der Waals surface area contributed by atoms with Crippen molar-refractivity contribution in [1.29, 1.82) is 0 Å². The Hall–Kier alpha value is -0.251. The van der Waals surface area contributed by atoms with Gasteiger partial charge in [-0.15, -0.1) is 0 Å². The van der Waals surface area contributed by atoms with Gasteiger partial charge in [-0.05, 0) is 0 Å². The predicted octanol–water partition coefficient (Wildman–Crippen LogP) is -0.384. The fourth-order valence-corrected chi connectivity index (χ4v) is 1.000. The summed E-state index contributed by atoms with van der Waals surface area (Å²) in [5.74, 6) is 0.688. The van der Waals surface area contributed by atoms with Crippen LogP contribution in [0.25, 0.3) is 0 Å². The van der Waals surface area contributed by atoms with Crippen LogP contribution in [0, 0.1) is 0 Å². The Balaban J connectivity index is 2.88. The minimum atomic E-state index is 0.688. The third-order valence-corrected chi connectivity index (χ3v) is 1.94. The number of aromatic nitrogens is 1. The second kappa shape index (κ2) is 3.05. The van der Waals surface area contributed by atoms with Crippen LogP contribution < -0.4 is 8.32 Å². The summed E-state index contributed by atoms with van der Waals surface area (Å²) in [5.41, 5.74) is 0. The minimum absolute atomic E-state index is 0.688. The third-order valence-electron chi connectivity index (χ3n) is 0.968. The van der Waals surface area contributed by atoms with E-state index in [1.807, 2.05) is 18.3 Å². The summed E-state index contributed by atoms with van der Waals surface area (Å²) >= 11 is 1.12. The fraction of sp³-hybridized carbons (Fsp3) is 0.167. The normalized spacial score (nSPS) is 9.11. The molecule has 0 aliphatic carbocycles. The van der Waals surface area contributed by atoms with Crippen molar-refractivity contribution in [3.63, 3.8) is 0 Å². The van der Waals surface area contributed by atoms with E-state index in [1.165, 1.54) is 3.58 Å². The molecule has 3 heteroatoms. The first-order valence-corrected chi connectivity index (χ1v) is 4.23. The Morgan fingerprint density at radius 1 is 1.56 bits per heavy atom. The molecular weight excluding hydrogens is 221 g/mol. The van der Waals surface area contributed by atoms with Crippen molar-refractivity contribution < 1.29 is 4.74 Å². The standard InChI is InChI=1S/C6H6NO.Sn.H/c1-8-6-4-2-3-5-7-6;;/h2,4-5H,1H3;;. The van der Waals surface area contributed by atoms with Crippen molar-refractivity contribution >= 4 is 26.1 Å². The molecular formula is C6H7NOSn. The van der Waals surface area contributed by atoms with Crippen LogP contribution in [0.4, 0.5) is 0 Å². The van der Waals surface area contributed by atoms with Crippen molar-refractivity contribution in [2.75, 3.05) is 7.11 Å². The van der Waals surface area contributed by atoms with E-state index in [4.69, 9.17) is 4.74 Å². The van der Waals surface area contributed by atoms with Crippen LogP contribution in [-0.2, 0) is 0 Å². The molecule has 0 bridgehead atoms. The fourth-order valence-electron chi connectivity index (χ4n) is 0.512. The second-order valence-corrected chi connectivity index (χ2v) is 3.54. The van der Waals surface area contributed by atoms with E-state index in [1.54, 1.807) is 7.11 Å². The molecule has 2 nitrogen and oxygen atoms in total. The summed E-state index contributed by atoms with van der Waals surface area (Å²) < 4.78 is 6.15. The van der Waals surface area contributed by atoms with E-state index in [0.717, 1.165) is 22.5 Å². The van der Waals surface area contributed by atoms with Crippen LogP contribution in [0.15, 0.2) is 18.3 Å². The van der Waals surface area contributed by atoms with E-state index in [9.17, 15) is 0 Å². The Bertz CT molecular complexity index is 185. The molecule has 0 aromatic carbocycles. The molecule has 0 unspecified atom stereocenters. The molecule has 1 aromatic rings. The number of nitrogens with zero attached hydrogens (tertiary/aromatic N) is 1. The Morgan fingerprint density at radius 2 is 2.33 bits per heavy atom. The Labute approximate surface area is 67.3 Å². The summed E-state index contributed by atoms with van der Waals surface area (Å²) in [6.07, 6.45) is 1.83. The Kier molecular flexibility index (Phi) is 2.33. The molecule has 1 heterocycles. The first kappa shape index (κ1) is 6.86. The van der Waals surface area contributed by atoms with Gasteiger partial charge < -0.3 is 0 Å². The quantitative estimate of drug-likeness (QED) is 0.611. The van der Waals surface area contributed by atoms with Gasteiger partial charge in [0, 0.05) is 0 Å². The molecule has 9 heavy (non-hydrogen) atoms. The molecule has 1 aromatic heterocycles. The van der Waals surface area contributed by atoms with Gasteiger partial charge in [-0.3, -0.25) is 0 Å². The van der Waals surface area contributed by atoms with Gasteiger partial charge in [-0.2, -0.15) is 0 Å². The van der Waals surface area contributed by atoms with Crippen molar-refractivity contribution in [1.82, 2.24) is 4.98 Å². The number of methoxy groups -OCH3 is 1. The van der Waals surface area contributed by atoms with Crippen LogP contribution in [0.3, 0.4) is 0 Å². The van der Waals surface area contributed by atoms with E-state index in [-0.39, 0.29) is 0 Å². The molecule has 0 spiro atoms. The van der Waals surface area contributed by atoms with Crippen molar-refractivity contribution in [2.24, 2.45) is 0 Å². The molecule has 0 N–H and O–H groups in total. The number of hydrogen-bond acceptors (Lipinski definition) is 2. The number of hydrogen-bond donors (Lipinski definition) is 0. The zero-order chi connectivity index (χ0) is 6.69. The van der Waals surface area contributed by atoms with E-state index in [0.29, 0.717) is 5.88 Å². The van der Waals surface area contributed by atoms with Gasteiger partial charge in [0.05, 0.1) is 0 Å². The molecule has 0 saturated carbocycles. The average molecular weight is 228 g/mol. The molecule has 0 amide bonds. The van der Waals surface area contributed by atoms with Gasteiger partial charge in [0.25, 0.3) is 0 Å². The maximum atomic E-state index is 4.87. The molecule has 1 rings (SSSR count). The van der Waals surface area contributed by atoms with E-state index < -0.39 is 0 Å². The molecule has 46 valence electrons. The van der Waals surface area contributed by atoms with Crippen molar-refractivity contribution in [2.45, 2.75) is 0 Å². The topological polar surface area (TPSA) is 22.1 Å². The zero-order valence-corrected chi connectivity index (χ0v) is 8.46. The monoisotopic (exact) mass is 229 g/mol. The molecule has 0 aliphatic rings. The summed E-state index contributed by atoms with van der Waals surface area (Å²) in [6.45, 7) is 0. The predicted molar refractivity (Wildman–Crippen MR) is 37.6 cm³/mol. The first-order chi connectivity index (χ1) is 4.33. The van der Waals surface area contributed by atoms with Gasteiger partial charge in [-0.1, -0.05) is 0 Å². The molecule has 0 atom stereocenters. The Morgan fingerprint density at radius 3 is 2.78 bits per heavy atom. The number of pyridine rings is 1. The molecule has 2 radical (unpaired) electrons. The molecule has 0 saturated heterocycles. The van der Waals surface area contributed by atoms with Crippen LogP contribution in [0.2, 0.25) is 0 Å². The third kappa shape index (κ3) is 1.86.